The van der Waals surface area contributed by atoms with Crippen LogP contribution in [-0.2, 0) is 0 Å². The van der Waals surface area contributed by atoms with Crippen molar-refractivity contribution in [3.05, 3.63) is 23.8 Å². The van der Waals surface area contributed by atoms with Crippen molar-refractivity contribution in [3.63, 3.8) is 0 Å². The Hall–Kier alpha value is -1.20. The summed E-state index contributed by atoms with van der Waals surface area (Å²) in [6, 6.07) is 4.01. The first-order chi connectivity index (χ1) is 8.04. The lowest BCUT2D eigenvalue weighted by Crippen LogP contribution is -2.28. The summed E-state index contributed by atoms with van der Waals surface area (Å²) in [5.41, 5.74) is 0.249. The molecular weight excluding hydrogens is 238 g/mol. The molecule has 2 N–H and O–H groups in total. The highest BCUT2D eigenvalue weighted by Crippen LogP contribution is 2.22. The van der Waals surface area contributed by atoms with Crippen LogP contribution >= 0.6 is 11.8 Å². The number of hydrogen-bond acceptors (Lipinski definition) is 5. The first-order valence-electron chi connectivity index (χ1n) is 5.27. The van der Waals surface area contributed by atoms with E-state index in [-0.39, 0.29) is 29.4 Å². The Kier molecular flexibility index (Phi) is 5.31. The van der Waals surface area contributed by atoms with Crippen molar-refractivity contribution in [2.75, 3.05) is 32.1 Å². The summed E-state index contributed by atoms with van der Waals surface area (Å²) >= 11 is 1.72. The van der Waals surface area contributed by atoms with Gasteiger partial charge < -0.3 is 10.2 Å². The molecule has 0 saturated heterocycles. The fraction of sp³-hybridized carbons (Fsp3) is 0.417. The van der Waals surface area contributed by atoms with Gasteiger partial charge in [0, 0.05) is 18.4 Å². The zero-order valence-corrected chi connectivity index (χ0v) is 10.8. The van der Waals surface area contributed by atoms with Crippen molar-refractivity contribution in [2.24, 2.45) is 0 Å². The van der Waals surface area contributed by atoms with Gasteiger partial charge >= 0.3 is 0 Å². The second kappa shape index (κ2) is 6.51. The molecule has 0 radical (unpaired) electrons. The highest BCUT2D eigenvalue weighted by Gasteiger charge is 2.13. The van der Waals surface area contributed by atoms with E-state index < -0.39 is 0 Å². The number of likely N-dealkylation sites (N-methyl/N-ethyl adjacent to an activating group) is 1. The maximum atomic E-state index is 11.9. The molecule has 1 aromatic carbocycles. The summed E-state index contributed by atoms with van der Waals surface area (Å²) < 4.78 is 0. The Morgan fingerprint density at radius 1 is 1.41 bits per heavy atom. The number of phenolic OH excluding ortho intramolecular Hbond substituents is 2. The quantitative estimate of drug-likeness (QED) is 0.756. The van der Waals surface area contributed by atoms with Crippen LogP contribution in [0, 0.1) is 0 Å². The molecule has 0 aliphatic rings. The molecule has 0 fully saturated rings. The van der Waals surface area contributed by atoms with Crippen molar-refractivity contribution in [1.29, 1.82) is 0 Å². The first kappa shape index (κ1) is 13.9. The number of carbonyl (C=O) groups excluding carboxylic acids is 1. The summed E-state index contributed by atoms with van der Waals surface area (Å²) in [4.78, 5) is 13.8. The second-order valence-corrected chi connectivity index (χ2v) is 4.84. The third-order valence-corrected chi connectivity index (χ3v) is 2.96. The number of benzene rings is 1. The SMILES string of the molecule is CSCCN(C)CC(=O)c1ccc(O)cc1O. The fourth-order valence-corrected chi connectivity index (χ4v) is 1.91. The van der Waals surface area contributed by atoms with Crippen LogP contribution in [0.25, 0.3) is 0 Å². The molecule has 0 aliphatic heterocycles. The maximum absolute atomic E-state index is 11.9. The van der Waals surface area contributed by atoms with Gasteiger partial charge in [-0.15, -0.1) is 0 Å². The van der Waals surface area contributed by atoms with Gasteiger partial charge in [-0.3, -0.25) is 9.69 Å². The standard InChI is InChI=1S/C12H17NO3S/c1-13(5-6-17-2)8-12(16)10-4-3-9(14)7-11(10)15/h3-4,7,14-15H,5-6,8H2,1-2H3. The van der Waals surface area contributed by atoms with Gasteiger partial charge in [-0.2, -0.15) is 11.8 Å². The maximum Gasteiger partial charge on any atom is 0.180 e. The highest BCUT2D eigenvalue weighted by atomic mass is 32.2. The van der Waals surface area contributed by atoms with Crippen LogP contribution in [-0.4, -0.2) is 53.0 Å². The molecule has 1 rings (SSSR count). The predicted octanol–water partition coefficient (Wildman–Crippen LogP) is 1.58. The van der Waals surface area contributed by atoms with E-state index in [0.29, 0.717) is 0 Å². The Morgan fingerprint density at radius 2 is 2.12 bits per heavy atom. The van der Waals surface area contributed by atoms with E-state index in [1.165, 1.54) is 18.2 Å². The molecule has 94 valence electrons. The lowest BCUT2D eigenvalue weighted by atomic mass is 10.1. The molecule has 0 atom stereocenters. The summed E-state index contributed by atoms with van der Waals surface area (Å²) in [7, 11) is 1.87. The minimum absolute atomic E-state index is 0.0465. The third kappa shape index (κ3) is 4.28. The van der Waals surface area contributed by atoms with Crippen LogP contribution in [0.5, 0.6) is 11.5 Å². The van der Waals surface area contributed by atoms with E-state index in [1.54, 1.807) is 11.8 Å². The molecule has 1 aromatic rings. The normalized spacial score (nSPS) is 10.8. The van der Waals surface area contributed by atoms with Gasteiger partial charge in [0.2, 0.25) is 0 Å². The third-order valence-electron chi connectivity index (χ3n) is 2.37. The largest absolute Gasteiger partial charge is 0.508 e. The second-order valence-electron chi connectivity index (χ2n) is 3.86. The monoisotopic (exact) mass is 255 g/mol. The first-order valence-corrected chi connectivity index (χ1v) is 6.66. The van der Waals surface area contributed by atoms with E-state index in [9.17, 15) is 9.90 Å². The zero-order valence-electron chi connectivity index (χ0n) is 10.0. The van der Waals surface area contributed by atoms with Gasteiger partial charge in [0.25, 0.3) is 0 Å². The molecule has 17 heavy (non-hydrogen) atoms. The minimum Gasteiger partial charge on any atom is -0.508 e. The average molecular weight is 255 g/mol. The average Bonchev–Trinajstić information content (AvgIpc) is 2.26. The molecule has 5 heteroatoms. The van der Waals surface area contributed by atoms with Gasteiger partial charge in [-0.25, -0.2) is 0 Å². The van der Waals surface area contributed by atoms with Crippen molar-refractivity contribution in [3.8, 4) is 11.5 Å². The number of carbonyl (C=O) groups is 1. The van der Waals surface area contributed by atoms with Crippen LogP contribution in [0.15, 0.2) is 18.2 Å². The van der Waals surface area contributed by atoms with Crippen molar-refractivity contribution < 1.29 is 15.0 Å². The zero-order chi connectivity index (χ0) is 12.8. The van der Waals surface area contributed by atoms with Gasteiger partial charge in [0.15, 0.2) is 5.78 Å². The predicted molar refractivity (Wildman–Crippen MR) is 70.0 cm³/mol. The molecule has 0 saturated carbocycles. The number of nitrogens with zero attached hydrogens (tertiary/aromatic N) is 1. The molecular formula is C12H17NO3S. The number of aromatic hydroxyl groups is 2. The molecule has 0 aliphatic carbocycles. The number of rotatable bonds is 6. The topological polar surface area (TPSA) is 60.8 Å². The summed E-state index contributed by atoms with van der Waals surface area (Å²) in [5.74, 6) is 0.597. The van der Waals surface area contributed by atoms with Crippen LogP contribution in [0.4, 0.5) is 0 Å². The number of Topliss-reactive ketones (excluding diaryl/α,β-unsaturated/α-hetero) is 1. The Bertz CT molecular complexity index is 395. The molecule has 0 bridgehead atoms. The van der Waals surface area contributed by atoms with Crippen molar-refractivity contribution >= 4 is 17.5 Å². The summed E-state index contributed by atoms with van der Waals surface area (Å²) in [6.45, 7) is 1.09. The van der Waals surface area contributed by atoms with E-state index in [2.05, 4.69) is 0 Å². The minimum atomic E-state index is -0.173. The van der Waals surface area contributed by atoms with E-state index in [0.717, 1.165) is 12.3 Å². The number of phenols is 2. The molecule has 0 spiro atoms. The number of thioether (sulfide) groups is 1. The van der Waals surface area contributed by atoms with Crippen molar-refractivity contribution in [2.45, 2.75) is 0 Å². The van der Waals surface area contributed by atoms with Crippen LogP contribution < -0.4 is 0 Å². The van der Waals surface area contributed by atoms with Crippen LogP contribution in [0.2, 0.25) is 0 Å². The lowest BCUT2D eigenvalue weighted by molar-refractivity contribution is 0.0947. The molecule has 0 unspecified atom stereocenters. The van der Waals surface area contributed by atoms with E-state index in [4.69, 9.17) is 5.11 Å². The smallest absolute Gasteiger partial charge is 0.180 e. The van der Waals surface area contributed by atoms with Gasteiger partial charge in [0.05, 0.1) is 12.1 Å². The van der Waals surface area contributed by atoms with Crippen LogP contribution in [0.1, 0.15) is 10.4 Å². The molecule has 4 nitrogen and oxygen atoms in total. The highest BCUT2D eigenvalue weighted by molar-refractivity contribution is 7.98. The fourth-order valence-electron chi connectivity index (χ4n) is 1.41. The Morgan fingerprint density at radius 3 is 2.71 bits per heavy atom. The summed E-state index contributed by atoms with van der Waals surface area (Å²) in [6.07, 6.45) is 2.02. The van der Waals surface area contributed by atoms with Gasteiger partial charge in [0.1, 0.15) is 11.5 Å². The summed E-state index contributed by atoms with van der Waals surface area (Å²) in [5, 5.41) is 18.7. The number of hydrogen-bond donors (Lipinski definition) is 2. The van der Waals surface area contributed by atoms with E-state index >= 15 is 0 Å². The van der Waals surface area contributed by atoms with Gasteiger partial charge in [-0.05, 0) is 25.4 Å². The molecule has 0 amide bonds. The Balaban J connectivity index is 2.63. The van der Waals surface area contributed by atoms with Crippen LogP contribution in [0.3, 0.4) is 0 Å². The van der Waals surface area contributed by atoms with Gasteiger partial charge in [-0.1, -0.05) is 0 Å². The lowest BCUT2D eigenvalue weighted by Gasteiger charge is -2.15. The van der Waals surface area contributed by atoms with E-state index in [1.807, 2.05) is 18.2 Å². The Labute approximate surface area is 105 Å². The molecule has 0 heterocycles. The number of ketones is 1. The van der Waals surface area contributed by atoms with Crippen molar-refractivity contribution in [1.82, 2.24) is 4.90 Å². The molecule has 0 aromatic heterocycles.